The zero-order valence-electron chi connectivity index (χ0n) is 14.6. The Hall–Kier alpha value is -2.47. The van der Waals surface area contributed by atoms with Crippen molar-refractivity contribution in [2.75, 3.05) is 6.67 Å². The van der Waals surface area contributed by atoms with Gasteiger partial charge in [-0.2, -0.15) is 5.11 Å². The zero-order chi connectivity index (χ0) is 19.9. The minimum absolute atomic E-state index is 0.00783. The quantitative estimate of drug-likeness (QED) is 0.733. The fourth-order valence-corrected chi connectivity index (χ4v) is 4.96. The second-order valence-electron chi connectivity index (χ2n) is 6.51. The molecule has 2 aromatic rings. The third-order valence-corrected chi connectivity index (χ3v) is 6.87. The van der Waals surface area contributed by atoms with E-state index in [1.54, 1.807) is 24.3 Å². The largest absolute Gasteiger partial charge is 0.240 e. The van der Waals surface area contributed by atoms with E-state index in [9.17, 15) is 16.8 Å². The summed E-state index contributed by atoms with van der Waals surface area (Å²) in [7, 11) is -7.60. The molecule has 1 fully saturated rings. The minimum Gasteiger partial charge on any atom is -0.239 e. The lowest BCUT2D eigenvalue weighted by Gasteiger charge is -2.13. The molecule has 2 aromatic carbocycles. The Labute approximate surface area is 162 Å². The summed E-state index contributed by atoms with van der Waals surface area (Å²) in [6.07, 6.45) is 1.69. The van der Waals surface area contributed by atoms with Gasteiger partial charge >= 0.3 is 0 Å². The van der Waals surface area contributed by atoms with Crippen LogP contribution in [-0.2, 0) is 20.0 Å². The van der Waals surface area contributed by atoms with Gasteiger partial charge in [0.2, 0.25) is 20.0 Å². The van der Waals surface area contributed by atoms with E-state index >= 15 is 0 Å². The number of primary sulfonamides is 1. The lowest BCUT2D eigenvalue weighted by atomic mass is 9.99. The highest BCUT2D eigenvalue weighted by molar-refractivity contribution is 7.89. The monoisotopic (exact) mass is 419 g/mol. The molecule has 9 nitrogen and oxygen atoms in total. The third kappa shape index (κ3) is 3.74. The van der Waals surface area contributed by atoms with E-state index in [0.717, 1.165) is 12.8 Å². The van der Waals surface area contributed by atoms with Crippen LogP contribution in [-0.4, -0.2) is 35.4 Å². The summed E-state index contributed by atoms with van der Waals surface area (Å²) in [5.74, 6) is 0.173. The lowest BCUT2D eigenvalue weighted by Crippen LogP contribution is -2.25. The Balaban J connectivity index is 1.80. The van der Waals surface area contributed by atoms with Gasteiger partial charge in [-0.05, 0) is 42.2 Å². The fourth-order valence-electron chi connectivity index (χ4n) is 2.90. The van der Waals surface area contributed by atoms with Crippen LogP contribution < -0.4 is 9.86 Å². The SMILES string of the molecule is NS(=O)(=O)c1cccc(-c2ccc(S(=O)(=O)NC3CC3)cc2)c1C1=NCN=N1. The Kier molecular flexibility index (Phi) is 4.62. The molecule has 1 saturated carbocycles. The van der Waals surface area contributed by atoms with Crippen LogP contribution in [0, 0.1) is 0 Å². The molecule has 0 saturated heterocycles. The summed E-state index contributed by atoms with van der Waals surface area (Å²) in [6.45, 7) is 0.109. The van der Waals surface area contributed by atoms with Crippen LogP contribution in [0.3, 0.4) is 0 Å². The molecule has 2 aliphatic rings. The number of nitrogens with zero attached hydrogens (tertiary/aromatic N) is 3. The van der Waals surface area contributed by atoms with Gasteiger partial charge in [0.25, 0.3) is 0 Å². The number of nitrogens with two attached hydrogens (primary N) is 1. The number of hydrogen-bond acceptors (Lipinski definition) is 7. The molecule has 0 spiro atoms. The van der Waals surface area contributed by atoms with Crippen LogP contribution in [0.1, 0.15) is 18.4 Å². The fraction of sp³-hybridized carbons (Fsp3) is 0.235. The van der Waals surface area contributed by atoms with Gasteiger partial charge in [0, 0.05) is 11.6 Å². The Bertz CT molecular complexity index is 1200. The van der Waals surface area contributed by atoms with E-state index in [1.807, 2.05) is 0 Å². The molecule has 1 aliphatic heterocycles. The molecule has 0 radical (unpaired) electrons. The van der Waals surface area contributed by atoms with Gasteiger partial charge in [-0.3, -0.25) is 0 Å². The van der Waals surface area contributed by atoms with Crippen molar-refractivity contribution < 1.29 is 16.8 Å². The predicted octanol–water partition coefficient (Wildman–Crippen LogP) is 1.61. The van der Waals surface area contributed by atoms with Gasteiger partial charge < -0.3 is 0 Å². The maximum absolute atomic E-state index is 12.3. The van der Waals surface area contributed by atoms with Crippen LogP contribution >= 0.6 is 0 Å². The van der Waals surface area contributed by atoms with Crippen molar-refractivity contribution in [3.63, 3.8) is 0 Å². The van der Waals surface area contributed by atoms with E-state index in [-0.39, 0.29) is 33.9 Å². The average Bonchev–Trinajstić information content (AvgIpc) is 3.28. The van der Waals surface area contributed by atoms with Crippen LogP contribution in [0.25, 0.3) is 11.1 Å². The molecule has 0 aromatic heterocycles. The molecule has 146 valence electrons. The van der Waals surface area contributed by atoms with Crippen molar-refractivity contribution in [2.45, 2.75) is 28.7 Å². The summed E-state index contributed by atoms with van der Waals surface area (Å²) >= 11 is 0. The van der Waals surface area contributed by atoms with Gasteiger partial charge in [0.05, 0.1) is 9.79 Å². The number of azo groups is 1. The number of hydrogen-bond donors (Lipinski definition) is 2. The molecule has 1 aliphatic carbocycles. The van der Waals surface area contributed by atoms with Crippen molar-refractivity contribution in [3.8, 4) is 11.1 Å². The highest BCUT2D eigenvalue weighted by Crippen LogP contribution is 2.31. The number of amidine groups is 1. The van der Waals surface area contributed by atoms with E-state index in [0.29, 0.717) is 11.1 Å². The van der Waals surface area contributed by atoms with Crippen LogP contribution in [0.15, 0.2) is 67.5 Å². The van der Waals surface area contributed by atoms with Gasteiger partial charge in [-0.15, -0.1) is 5.11 Å². The first kappa shape index (κ1) is 18.9. The second kappa shape index (κ2) is 6.85. The van der Waals surface area contributed by atoms with Gasteiger partial charge in [-0.25, -0.2) is 31.7 Å². The Morgan fingerprint density at radius 1 is 1.00 bits per heavy atom. The first-order valence-electron chi connectivity index (χ1n) is 8.46. The van der Waals surface area contributed by atoms with Gasteiger partial charge in [-0.1, -0.05) is 24.3 Å². The molecule has 0 bridgehead atoms. The van der Waals surface area contributed by atoms with Crippen molar-refractivity contribution in [2.24, 2.45) is 20.4 Å². The normalized spacial score (nSPS) is 17.0. The molecule has 0 amide bonds. The van der Waals surface area contributed by atoms with Crippen molar-refractivity contribution in [3.05, 3.63) is 48.0 Å². The molecular weight excluding hydrogens is 402 g/mol. The van der Waals surface area contributed by atoms with Gasteiger partial charge in [0.15, 0.2) is 12.5 Å². The van der Waals surface area contributed by atoms with E-state index in [2.05, 4.69) is 19.9 Å². The Morgan fingerprint density at radius 3 is 2.29 bits per heavy atom. The second-order valence-corrected chi connectivity index (χ2v) is 9.75. The molecule has 28 heavy (non-hydrogen) atoms. The van der Waals surface area contributed by atoms with Crippen molar-refractivity contribution in [1.29, 1.82) is 0 Å². The minimum atomic E-state index is -4.03. The van der Waals surface area contributed by atoms with E-state index in [1.165, 1.54) is 18.2 Å². The van der Waals surface area contributed by atoms with E-state index in [4.69, 9.17) is 5.14 Å². The van der Waals surface area contributed by atoms with Crippen LogP contribution in [0.4, 0.5) is 0 Å². The van der Waals surface area contributed by atoms with Gasteiger partial charge in [0.1, 0.15) is 0 Å². The molecule has 0 atom stereocenters. The average molecular weight is 419 g/mol. The first-order valence-corrected chi connectivity index (χ1v) is 11.5. The van der Waals surface area contributed by atoms with Crippen LogP contribution in [0.2, 0.25) is 0 Å². The smallest absolute Gasteiger partial charge is 0.239 e. The third-order valence-electron chi connectivity index (χ3n) is 4.38. The summed E-state index contributed by atoms with van der Waals surface area (Å²) in [6, 6.07) is 10.8. The highest BCUT2D eigenvalue weighted by Gasteiger charge is 2.28. The molecule has 0 unspecified atom stereocenters. The van der Waals surface area contributed by atoms with Crippen LogP contribution in [0.5, 0.6) is 0 Å². The summed E-state index contributed by atoms with van der Waals surface area (Å²) < 4.78 is 51.4. The molecule has 3 N–H and O–H groups in total. The standard InChI is InChI=1S/C17H17N5O4S2/c18-27(23,24)15-3-1-2-14(16(15)17-19-10-20-21-17)11-4-8-13(9-5-11)28(25,26)22-12-6-7-12/h1-5,8-9,12,22H,6-7,10H2,(H2,18,23,24). The number of aliphatic imine (C=N–C) groups is 1. The summed E-state index contributed by atoms with van der Waals surface area (Å²) in [5.41, 5.74) is 1.37. The maximum atomic E-state index is 12.3. The highest BCUT2D eigenvalue weighted by atomic mass is 32.2. The first-order chi connectivity index (χ1) is 13.3. The predicted molar refractivity (Wildman–Crippen MR) is 103 cm³/mol. The molecular formula is C17H17N5O4S2. The van der Waals surface area contributed by atoms with E-state index < -0.39 is 20.0 Å². The summed E-state index contributed by atoms with van der Waals surface area (Å²) in [4.78, 5) is 4.15. The van der Waals surface area contributed by atoms with Crippen molar-refractivity contribution in [1.82, 2.24) is 4.72 Å². The molecule has 11 heteroatoms. The lowest BCUT2D eigenvalue weighted by molar-refractivity contribution is 0.581. The number of nitrogens with one attached hydrogen (secondary N) is 1. The zero-order valence-corrected chi connectivity index (χ0v) is 16.2. The van der Waals surface area contributed by atoms with Crippen molar-refractivity contribution >= 4 is 25.9 Å². The topological polar surface area (TPSA) is 143 Å². The molecule has 1 heterocycles. The summed E-state index contributed by atoms with van der Waals surface area (Å²) in [5, 5.41) is 13.1. The number of benzene rings is 2. The maximum Gasteiger partial charge on any atom is 0.240 e. The number of rotatable bonds is 6. The number of sulfonamides is 2. The molecule has 4 rings (SSSR count). The Morgan fingerprint density at radius 2 is 1.71 bits per heavy atom.